The van der Waals surface area contributed by atoms with Gasteiger partial charge in [0.2, 0.25) is 11.0 Å². The fourth-order valence-electron chi connectivity index (χ4n) is 2.56. The van der Waals surface area contributed by atoms with E-state index in [2.05, 4.69) is 5.32 Å². The van der Waals surface area contributed by atoms with E-state index in [1.165, 1.54) is 0 Å². The number of amides is 1. The Balaban J connectivity index is 4.89. The maximum atomic E-state index is 12.7. The molecule has 2 N–H and O–H groups in total. The van der Waals surface area contributed by atoms with Crippen molar-refractivity contribution in [3.63, 3.8) is 0 Å². The maximum Gasteiger partial charge on any atom is 0.369 e. The Hall–Kier alpha value is -1.10. The minimum absolute atomic E-state index is 0.0725. The van der Waals surface area contributed by atoms with Crippen LogP contribution < -0.4 is 5.32 Å². The molecule has 36 heavy (non-hydrogen) atoms. The number of esters is 2. The van der Waals surface area contributed by atoms with E-state index in [1.54, 1.807) is 13.8 Å². The molecule has 0 aromatic carbocycles. The van der Waals surface area contributed by atoms with Crippen LogP contribution in [0.25, 0.3) is 0 Å². The molecule has 3 unspecified atom stereocenters. The Morgan fingerprint density at radius 1 is 0.917 bits per heavy atom. The van der Waals surface area contributed by atoms with E-state index in [0.717, 1.165) is 34.2 Å². The highest BCUT2D eigenvalue weighted by molar-refractivity contribution is 7.78. The van der Waals surface area contributed by atoms with Gasteiger partial charge in [0.25, 0.3) is 0 Å². The molecule has 0 aliphatic rings. The Bertz CT molecular complexity index is 882. The lowest BCUT2D eigenvalue weighted by molar-refractivity contribution is -0.160. The first-order valence-electron chi connectivity index (χ1n) is 11.0. The quantitative estimate of drug-likeness (QED) is 0.136. The smallest absolute Gasteiger partial charge is 0.369 e. The van der Waals surface area contributed by atoms with E-state index < -0.39 is 57.8 Å². The number of nitrogens with one attached hydrogen (secondary N) is 1. The SMILES string of the molecule is CCC(=O)OCC(COP(C)(=O)OCCNC(=O)CC(O)(P(C)(C)=O)P(=O)(OC)OC)OC(=O)CC. The number of rotatable bonds is 18. The molecule has 0 fully saturated rings. The normalized spacial score (nSPS) is 16.3. The highest BCUT2D eigenvalue weighted by Gasteiger charge is 2.58. The number of ether oxygens (including phenoxy) is 2. The zero-order chi connectivity index (χ0) is 28.2. The third kappa shape index (κ3) is 11.1. The summed E-state index contributed by atoms with van der Waals surface area (Å²) in [7, 11) is -9.59. The Kier molecular flexibility index (Phi) is 14.9. The third-order valence-corrected chi connectivity index (χ3v) is 12.1. The third-order valence-electron chi connectivity index (χ3n) is 4.73. The van der Waals surface area contributed by atoms with Crippen molar-refractivity contribution < 1.29 is 60.8 Å². The van der Waals surface area contributed by atoms with E-state index in [-0.39, 0.29) is 39.2 Å². The molecule has 0 radical (unpaired) electrons. The predicted molar refractivity (Wildman–Crippen MR) is 131 cm³/mol. The molecular weight excluding hydrogens is 543 g/mol. The van der Waals surface area contributed by atoms with Gasteiger partial charge in [-0.05, 0) is 13.3 Å². The van der Waals surface area contributed by atoms with Gasteiger partial charge in [0.05, 0.1) is 19.6 Å². The first kappa shape index (κ1) is 34.9. The van der Waals surface area contributed by atoms with Gasteiger partial charge in [0, 0.05) is 40.3 Å². The van der Waals surface area contributed by atoms with Crippen LogP contribution in [0.5, 0.6) is 0 Å². The first-order valence-corrected chi connectivity index (χ1v) is 17.1. The lowest BCUT2D eigenvalue weighted by Crippen LogP contribution is -2.38. The van der Waals surface area contributed by atoms with E-state index in [9.17, 15) is 33.2 Å². The van der Waals surface area contributed by atoms with Gasteiger partial charge < -0.3 is 42.6 Å². The van der Waals surface area contributed by atoms with Crippen LogP contribution in [0.2, 0.25) is 0 Å². The van der Waals surface area contributed by atoms with Gasteiger partial charge in [0.1, 0.15) is 13.7 Å². The summed E-state index contributed by atoms with van der Waals surface area (Å²) in [5.41, 5.74) is 0. The van der Waals surface area contributed by atoms with Crippen LogP contribution in [0.4, 0.5) is 0 Å². The van der Waals surface area contributed by atoms with E-state index in [4.69, 9.17) is 27.6 Å². The Morgan fingerprint density at radius 3 is 1.94 bits per heavy atom. The standard InChI is InChI=1S/C19H38NO13P3/c1-8-17(22)30-13-15(33-18(23)9-2)14-32-35(7,26)31-11-10-20-16(21)12-19(24,34(5,6)25)36(27,28-3)29-4/h15,24H,8-14H2,1-7H3,(H,20,21). The second kappa shape index (κ2) is 15.3. The molecule has 14 nitrogen and oxygen atoms in total. The summed E-state index contributed by atoms with van der Waals surface area (Å²) >= 11 is 0. The zero-order valence-electron chi connectivity index (χ0n) is 21.7. The molecule has 0 saturated carbocycles. The topological polar surface area (TPSA) is 190 Å². The van der Waals surface area contributed by atoms with Gasteiger partial charge in [0.15, 0.2) is 6.10 Å². The highest BCUT2D eigenvalue weighted by Crippen LogP contribution is 2.73. The van der Waals surface area contributed by atoms with Crippen molar-refractivity contribution in [2.75, 3.05) is 60.6 Å². The van der Waals surface area contributed by atoms with E-state index in [1.807, 2.05) is 0 Å². The fourth-order valence-corrected chi connectivity index (χ4v) is 7.94. The fraction of sp³-hybridized carbons (Fsp3) is 0.842. The Morgan fingerprint density at radius 2 is 1.47 bits per heavy atom. The summed E-state index contributed by atoms with van der Waals surface area (Å²) in [4.78, 5) is 35.3. The van der Waals surface area contributed by atoms with Crippen molar-refractivity contribution in [3.8, 4) is 0 Å². The van der Waals surface area contributed by atoms with Crippen molar-refractivity contribution in [1.82, 2.24) is 5.32 Å². The molecule has 0 saturated heterocycles. The summed E-state index contributed by atoms with van der Waals surface area (Å²) in [5, 5.41) is 10.6. The molecule has 17 heteroatoms. The molecule has 0 heterocycles. The molecule has 0 spiro atoms. The van der Waals surface area contributed by atoms with Gasteiger partial charge in [-0.15, -0.1) is 0 Å². The number of carbonyl (C=O) groups excluding carboxylic acids is 3. The Labute approximate surface area is 211 Å². The van der Waals surface area contributed by atoms with Gasteiger partial charge in [-0.1, -0.05) is 13.8 Å². The predicted octanol–water partition coefficient (Wildman–Crippen LogP) is 2.38. The van der Waals surface area contributed by atoms with Gasteiger partial charge in [-0.25, -0.2) is 0 Å². The second-order valence-electron chi connectivity index (χ2n) is 7.92. The van der Waals surface area contributed by atoms with E-state index >= 15 is 0 Å². The highest BCUT2D eigenvalue weighted by atomic mass is 31.2. The lowest BCUT2D eigenvalue weighted by Gasteiger charge is -2.35. The summed E-state index contributed by atoms with van der Waals surface area (Å²) in [6.07, 6.45) is -1.66. The van der Waals surface area contributed by atoms with Crippen LogP contribution in [0.1, 0.15) is 33.1 Å². The summed E-state index contributed by atoms with van der Waals surface area (Å²) in [6, 6.07) is 0. The maximum absolute atomic E-state index is 12.7. The molecule has 0 bridgehead atoms. The van der Waals surface area contributed by atoms with Crippen LogP contribution in [0, 0.1) is 0 Å². The minimum atomic E-state index is -4.32. The first-order chi connectivity index (χ1) is 16.5. The molecule has 0 aromatic rings. The van der Waals surface area contributed by atoms with Gasteiger partial charge in [-0.2, -0.15) is 0 Å². The monoisotopic (exact) mass is 581 g/mol. The van der Waals surface area contributed by atoms with Crippen LogP contribution in [0.3, 0.4) is 0 Å². The van der Waals surface area contributed by atoms with Crippen LogP contribution in [0.15, 0.2) is 0 Å². The van der Waals surface area contributed by atoms with Crippen LogP contribution in [-0.4, -0.2) is 94.7 Å². The van der Waals surface area contributed by atoms with Crippen LogP contribution in [-0.2, 0) is 55.6 Å². The molecule has 0 aliphatic heterocycles. The molecular formula is C19H38NO13P3. The average Bonchev–Trinajstić information content (AvgIpc) is 2.81. The molecule has 0 aliphatic carbocycles. The number of aliphatic hydroxyl groups is 1. The van der Waals surface area contributed by atoms with Crippen molar-refractivity contribution in [2.45, 2.75) is 44.3 Å². The summed E-state index contributed by atoms with van der Waals surface area (Å²) < 4.78 is 67.8. The molecule has 3 atom stereocenters. The minimum Gasteiger partial charge on any atom is -0.462 e. The molecule has 212 valence electrons. The number of carbonyl (C=O) groups is 3. The number of hydrogen-bond donors (Lipinski definition) is 2. The molecule has 0 aromatic heterocycles. The average molecular weight is 581 g/mol. The van der Waals surface area contributed by atoms with Crippen molar-refractivity contribution in [3.05, 3.63) is 0 Å². The molecule has 0 rings (SSSR count). The zero-order valence-corrected chi connectivity index (χ0v) is 24.4. The van der Waals surface area contributed by atoms with Crippen molar-refractivity contribution in [2.24, 2.45) is 0 Å². The van der Waals surface area contributed by atoms with Crippen molar-refractivity contribution >= 4 is 40.2 Å². The van der Waals surface area contributed by atoms with Crippen LogP contribution >= 0.6 is 22.3 Å². The number of hydrogen-bond acceptors (Lipinski definition) is 13. The second-order valence-corrected chi connectivity index (χ2v) is 16.2. The van der Waals surface area contributed by atoms with Crippen molar-refractivity contribution in [1.29, 1.82) is 0 Å². The summed E-state index contributed by atoms with van der Waals surface area (Å²) in [5.74, 6) is -1.92. The van der Waals surface area contributed by atoms with E-state index in [0.29, 0.717) is 0 Å². The lowest BCUT2D eigenvalue weighted by atomic mass is 10.4. The largest absolute Gasteiger partial charge is 0.462 e. The van der Waals surface area contributed by atoms with Gasteiger partial charge in [-0.3, -0.25) is 23.5 Å². The summed E-state index contributed by atoms with van der Waals surface area (Å²) in [6.45, 7) is 5.47. The molecule has 1 amide bonds. The van der Waals surface area contributed by atoms with Gasteiger partial charge >= 0.3 is 27.1 Å².